The number of rotatable bonds is 5. The topological polar surface area (TPSA) is 21.7 Å². The highest BCUT2D eigenvalue weighted by atomic mass is 32.2. The van der Waals surface area contributed by atoms with Gasteiger partial charge >= 0.3 is 0 Å². The summed E-state index contributed by atoms with van der Waals surface area (Å²) in [6.07, 6.45) is 0. The first kappa shape index (κ1) is 36.4. The third-order valence-corrected chi connectivity index (χ3v) is 22.1. The zero-order chi connectivity index (χ0) is 39.9. The Morgan fingerprint density at radius 1 is 0.390 bits per heavy atom. The molecule has 0 saturated heterocycles. The Morgan fingerprint density at radius 3 is 1.68 bits per heavy atom. The van der Waals surface area contributed by atoms with Gasteiger partial charge < -0.3 is 14.4 Å². The second-order valence-electron chi connectivity index (χ2n) is 16.5. The van der Waals surface area contributed by atoms with Crippen molar-refractivity contribution in [3.63, 3.8) is 0 Å². The fraction of sp³-hybridized carbons (Fsp3) is 0.0769. The third-order valence-electron chi connectivity index (χ3n) is 12.3. The van der Waals surface area contributed by atoms with Gasteiger partial charge in [-0.05, 0) is 98.1 Å². The summed E-state index contributed by atoms with van der Waals surface area (Å²) in [5.41, 5.74) is 8.02. The van der Waals surface area contributed by atoms with Crippen molar-refractivity contribution in [1.82, 2.24) is 0 Å². The number of para-hydroxylation sites is 3. The molecular weight excluding hydrogens is 791 g/mol. The highest BCUT2D eigenvalue weighted by Gasteiger charge is 2.38. The van der Waals surface area contributed by atoms with Crippen LogP contribution in [0.2, 0.25) is 26.2 Å². The molecule has 0 aromatic heterocycles. The van der Waals surface area contributed by atoms with Crippen molar-refractivity contribution >= 4 is 77.5 Å². The van der Waals surface area contributed by atoms with Crippen LogP contribution in [-0.2, 0) is 0 Å². The van der Waals surface area contributed by atoms with Crippen LogP contribution in [0.4, 0.5) is 17.1 Å². The molecule has 0 amide bonds. The van der Waals surface area contributed by atoms with Crippen LogP contribution in [0.15, 0.2) is 196 Å². The van der Waals surface area contributed by atoms with Crippen molar-refractivity contribution < 1.29 is 9.47 Å². The van der Waals surface area contributed by atoms with Crippen molar-refractivity contribution in [3.05, 3.63) is 176 Å². The lowest BCUT2D eigenvalue weighted by molar-refractivity contribution is 0.455. The fourth-order valence-electron chi connectivity index (χ4n) is 9.10. The fourth-order valence-corrected chi connectivity index (χ4v) is 18.5. The van der Waals surface area contributed by atoms with E-state index in [9.17, 15) is 0 Å². The molecule has 0 fully saturated rings. The quantitative estimate of drug-likeness (QED) is 0.161. The van der Waals surface area contributed by atoms with Gasteiger partial charge in [0, 0.05) is 26.7 Å². The maximum Gasteiger partial charge on any atom is 0.142 e. The van der Waals surface area contributed by atoms with Gasteiger partial charge in [-0.1, -0.05) is 165 Å². The number of nitrogens with zero attached hydrogens (tertiary/aromatic N) is 1. The van der Waals surface area contributed by atoms with Crippen molar-refractivity contribution in [3.8, 4) is 45.3 Å². The van der Waals surface area contributed by atoms with Gasteiger partial charge in [0.1, 0.15) is 39.1 Å². The lowest BCUT2D eigenvalue weighted by atomic mass is 10.0. The first-order valence-electron chi connectivity index (χ1n) is 20.2. The molecule has 0 bridgehead atoms. The zero-order valence-electron chi connectivity index (χ0n) is 33.3. The molecule has 0 radical (unpaired) electrons. The van der Waals surface area contributed by atoms with E-state index in [0.717, 1.165) is 60.9 Å². The van der Waals surface area contributed by atoms with Gasteiger partial charge in [-0.15, -0.1) is 0 Å². The van der Waals surface area contributed by atoms with Gasteiger partial charge in [0.05, 0.1) is 15.5 Å². The highest BCUT2D eigenvalue weighted by Crippen LogP contribution is 2.51. The van der Waals surface area contributed by atoms with Crippen LogP contribution in [0.1, 0.15) is 0 Å². The molecule has 3 nitrogen and oxygen atoms in total. The minimum absolute atomic E-state index is 0.900. The van der Waals surface area contributed by atoms with E-state index in [-0.39, 0.29) is 0 Å². The smallest absolute Gasteiger partial charge is 0.142 e. The van der Waals surface area contributed by atoms with E-state index in [4.69, 9.17) is 9.47 Å². The SMILES string of the molecule is C[Si]1(C)c2ccccc2Oc2c(-c3ccc(N(c4ccc(-c5cccc6c5Sc5ccccc5O6)cc4)c4cccc5c4Sc4ccccc4[Si]5(C)C)cc3)cccc21. The van der Waals surface area contributed by atoms with Crippen LogP contribution in [0.3, 0.4) is 0 Å². The number of ether oxygens (including phenoxy) is 2. The summed E-state index contributed by atoms with van der Waals surface area (Å²) in [4.78, 5) is 7.45. The van der Waals surface area contributed by atoms with Crippen molar-refractivity contribution in [2.45, 2.75) is 45.8 Å². The highest BCUT2D eigenvalue weighted by molar-refractivity contribution is 8.00. The van der Waals surface area contributed by atoms with Crippen LogP contribution in [0.25, 0.3) is 22.3 Å². The summed E-state index contributed by atoms with van der Waals surface area (Å²) in [7, 11) is -3.94. The minimum Gasteiger partial charge on any atom is -0.457 e. The Kier molecular flexibility index (Phi) is 8.60. The molecule has 3 aliphatic heterocycles. The predicted octanol–water partition coefficient (Wildman–Crippen LogP) is 13.0. The summed E-state index contributed by atoms with van der Waals surface area (Å²) in [5, 5.41) is 5.68. The molecule has 0 spiro atoms. The number of benzene rings is 8. The Balaban J connectivity index is 1.02. The first-order chi connectivity index (χ1) is 28.8. The molecule has 8 aromatic carbocycles. The molecule has 0 aliphatic carbocycles. The van der Waals surface area contributed by atoms with Gasteiger partial charge in [-0.3, -0.25) is 0 Å². The molecule has 11 rings (SSSR count). The van der Waals surface area contributed by atoms with E-state index in [1.165, 1.54) is 41.8 Å². The summed E-state index contributed by atoms with van der Waals surface area (Å²) < 4.78 is 13.1. The van der Waals surface area contributed by atoms with Gasteiger partial charge in [0.15, 0.2) is 0 Å². The molecule has 59 heavy (non-hydrogen) atoms. The molecule has 3 aliphatic rings. The number of hydrogen-bond acceptors (Lipinski definition) is 5. The van der Waals surface area contributed by atoms with E-state index in [1.807, 2.05) is 23.9 Å². The maximum absolute atomic E-state index is 6.74. The maximum atomic E-state index is 6.74. The minimum atomic E-state index is -1.98. The number of hydrogen-bond donors (Lipinski definition) is 0. The van der Waals surface area contributed by atoms with Crippen LogP contribution >= 0.6 is 23.5 Å². The monoisotopic (exact) mass is 831 g/mol. The van der Waals surface area contributed by atoms with E-state index in [1.54, 1.807) is 11.8 Å². The van der Waals surface area contributed by atoms with Crippen LogP contribution in [-0.4, -0.2) is 16.1 Å². The van der Waals surface area contributed by atoms with Gasteiger partial charge in [0.2, 0.25) is 0 Å². The molecule has 0 saturated carbocycles. The lowest BCUT2D eigenvalue weighted by Crippen LogP contribution is -2.56. The van der Waals surface area contributed by atoms with Crippen LogP contribution in [0, 0.1) is 0 Å². The second-order valence-corrected chi connectivity index (χ2v) is 27.3. The van der Waals surface area contributed by atoms with E-state index in [2.05, 4.69) is 195 Å². The summed E-state index contributed by atoms with van der Waals surface area (Å²) in [6.45, 7) is 9.85. The molecular formula is C52H41NO2S2Si2. The van der Waals surface area contributed by atoms with Crippen molar-refractivity contribution in [2.24, 2.45) is 0 Å². The van der Waals surface area contributed by atoms with E-state index >= 15 is 0 Å². The normalized spacial score (nSPS) is 14.8. The van der Waals surface area contributed by atoms with Gasteiger partial charge in [-0.25, -0.2) is 0 Å². The van der Waals surface area contributed by atoms with Crippen LogP contribution in [0.5, 0.6) is 23.0 Å². The second kappa shape index (κ2) is 14.0. The van der Waals surface area contributed by atoms with Crippen molar-refractivity contribution in [1.29, 1.82) is 0 Å². The number of fused-ring (bicyclic) bond motifs is 6. The van der Waals surface area contributed by atoms with Gasteiger partial charge in [-0.2, -0.15) is 0 Å². The molecule has 3 heterocycles. The van der Waals surface area contributed by atoms with E-state index in [0.29, 0.717) is 0 Å². The zero-order valence-corrected chi connectivity index (χ0v) is 37.0. The summed E-state index contributed by atoms with van der Waals surface area (Å²) in [6, 6.07) is 64.1. The standard InChI is InChI=1S/C52H41NO2S2Si2/c1-58(2)46-22-9-6-18-42(46)55-50-38(14-12-24-48(50)58)34-26-30-36(31-27-34)53(40-16-13-25-49-52(40)57-45-21-8-10-23-47(45)59(49,3)4)37-32-28-35(29-33-37)39-15-11-19-43-51(39)56-44-20-7-5-17-41(44)54-43/h5-33H,1-4H3. The predicted molar refractivity (Wildman–Crippen MR) is 253 cm³/mol. The molecule has 0 atom stereocenters. The Labute approximate surface area is 356 Å². The Bertz CT molecular complexity index is 2960. The third kappa shape index (κ3) is 5.93. The summed E-state index contributed by atoms with van der Waals surface area (Å²) >= 11 is 3.69. The molecule has 0 unspecified atom stereocenters. The van der Waals surface area contributed by atoms with Crippen LogP contribution < -0.4 is 35.1 Å². The number of anilines is 3. The first-order valence-corrected chi connectivity index (χ1v) is 27.8. The van der Waals surface area contributed by atoms with Gasteiger partial charge in [0.25, 0.3) is 0 Å². The Hall–Kier alpha value is -5.71. The van der Waals surface area contributed by atoms with E-state index < -0.39 is 16.1 Å². The molecule has 8 aromatic rings. The molecule has 7 heteroatoms. The average molecular weight is 832 g/mol. The molecule has 286 valence electrons. The largest absolute Gasteiger partial charge is 0.457 e. The van der Waals surface area contributed by atoms with Crippen molar-refractivity contribution in [2.75, 3.05) is 4.90 Å². The lowest BCUT2D eigenvalue weighted by Gasteiger charge is -2.36. The Morgan fingerprint density at radius 2 is 0.915 bits per heavy atom. The molecule has 0 N–H and O–H groups in total. The summed E-state index contributed by atoms with van der Waals surface area (Å²) in [5.74, 6) is 3.80. The average Bonchev–Trinajstić information content (AvgIpc) is 3.26.